The van der Waals surface area contributed by atoms with Gasteiger partial charge >= 0.3 is 6.18 Å². The summed E-state index contributed by atoms with van der Waals surface area (Å²) in [4.78, 5) is 19.8. The summed E-state index contributed by atoms with van der Waals surface area (Å²) in [7, 11) is 0. The lowest BCUT2D eigenvalue weighted by atomic mass is 10.00. The zero-order valence-corrected chi connectivity index (χ0v) is 13.0. The van der Waals surface area contributed by atoms with Gasteiger partial charge in [-0.05, 0) is 37.1 Å². The number of halogens is 3. The van der Waals surface area contributed by atoms with Gasteiger partial charge < -0.3 is 15.2 Å². The van der Waals surface area contributed by atoms with Crippen LogP contribution in [0.4, 0.5) is 24.5 Å². The molecular weight excluding hydrogens is 321 g/mol. The van der Waals surface area contributed by atoms with E-state index in [0.29, 0.717) is 12.1 Å². The van der Waals surface area contributed by atoms with Gasteiger partial charge in [-0.25, -0.2) is 4.98 Å². The lowest BCUT2D eigenvalue weighted by Crippen LogP contribution is -2.41. The second-order valence-corrected chi connectivity index (χ2v) is 5.78. The maximum Gasteiger partial charge on any atom is 0.406 e. The molecule has 1 aliphatic heterocycles. The third kappa shape index (κ3) is 3.52. The van der Waals surface area contributed by atoms with Crippen molar-refractivity contribution < 1.29 is 18.0 Å². The van der Waals surface area contributed by atoms with Crippen LogP contribution >= 0.6 is 0 Å². The summed E-state index contributed by atoms with van der Waals surface area (Å²) in [5.74, 6) is 0.270. The van der Waals surface area contributed by atoms with Gasteiger partial charge in [-0.1, -0.05) is 0 Å². The van der Waals surface area contributed by atoms with Crippen LogP contribution < -0.4 is 10.2 Å². The van der Waals surface area contributed by atoms with Crippen LogP contribution in [0, 0.1) is 0 Å². The van der Waals surface area contributed by atoms with E-state index in [4.69, 9.17) is 0 Å². The minimum atomic E-state index is -4.42. The van der Waals surface area contributed by atoms with Gasteiger partial charge in [-0.2, -0.15) is 13.2 Å². The van der Waals surface area contributed by atoms with E-state index in [1.165, 1.54) is 0 Å². The molecule has 0 fully saturated rings. The fraction of sp³-hybridized carbons (Fsp3) is 0.375. The third-order valence-corrected chi connectivity index (χ3v) is 3.93. The number of hydrogen-bond donors (Lipinski definition) is 2. The summed E-state index contributed by atoms with van der Waals surface area (Å²) in [6.45, 7) is 0.673. The molecule has 5 nitrogen and oxygen atoms in total. The van der Waals surface area contributed by atoms with Crippen molar-refractivity contribution in [2.75, 3.05) is 16.8 Å². The van der Waals surface area contributed by atoms with Crippen molar-refractivity contribution in [3.63, 3.8) is 0 Å². The number of amides is 1. The molecule has 2 aromatic rings. The van der Waals surface area contributed by atoms with Crippen molar-refractivity contribution in [1.82, 2.24) is 9.97 Å². The Morgan fingerprint density at radius 3 is 2.83 bits per heavy atom. The highest BCUT2D eigenvalue weighted by molar-refractivity contribution is 5.96. The number of imidazole rings is 1. The number of aromatic nitrogens is 2. The van der Waals surface area contributed by atoms with E-state index in [-0.39, 0.29) is 12.5 Å². The smallest absolute Gasteiger partial charge is 0.375 e. The topological polar surface area (TPSA) is 61.0 Å². The van der Waals surface area contributed by atoms with E-state index in [1.807, 2.05) is 6.92 Å². The Hall–Kier alpha value is -2.51. The van der Waals surface area contributed by atoms with E-state index < -0.39 is 18.6 Å². The fourth-order valence-electron chi connectivity index (χ4n) is 2.84. The molecule has 0 aliphatic carbocycles. The molecule has 1 aromatic heterocycles. The average Bonchev–Trinajstić information content (AvgIpc) is 3.03. The minimum Gasteiger partial charge on any atom is -0.375 e. The molecule has 24 heavy (non-hydrogen) atoms. The molecule has 1 atom stereocenters. The number of fused-ring (bicyclic) bond motifs is 1. The Balaban J connectivity index is 1.81. The number of carbonyl (C=O) groups is 1. The zero-order chi connectivity index (χ0) is 17.3. The van der Waals surface area contributed by atoms with Crippen molar-refractivity contribution in [3.05, 3.63) is 42.0 Å². The van der Waals surface area contributed by atoms with Crippen molar-refractivity contribution in [1.29, 1.82) is 0 Å². The highest BCUT2D eigenvalue weighted by Gasteiger charge is 2.36. The molecule has 1 aromatic carbocycles. The fourth-order valence-corrected chi connectivity index (χ4v) is 2.84. The summed E-state index contributed by atoms with van der Waals surface area (Å²) < 4.78 is 38.1. The molecule has 0 saturated carbocycles. The first-order chi connectivity index (χ1) is 11.3. The van der Waals surface area contributed by atoms with Crippen LogP contribution in [-0.2, 0) is 11.2 Å². The molecule has 1 aliphatic rings. The van der Waals surface area contributed by atoms with E-state index in [2.05, 4.69) is 15.3 Å². The van der Waals surface area contributed by atoms with Gasteiger partial charge in [-0.15, -0.1) is 0 Å². The first-order valence-electron chi connectivity index (χ1n) is 7.59. The molecule has 128 valence electrons. The summed E-state index contributed by atoms with van der Waals surface area (Å²) in [6, 6.07) is 4.97. The number of anilines is 2. The first-order valence-corrected chi connectivity index (χ1v) is 7.59. The van der Waals surface area contributed by atoms with Gasteiger partial charge in [0, 0.05) is 30.2 Å². The largest absolute Gasteiger partial charge is 0.406 e. The number of benzene rings is 1. The number of alkyl halides is 3. The standard InChI is InChI=1S/C16H17F3N4O/c1-10(15-20-6-7-21-15)22-12-3-4-13-11(8-12)2-5-14(24)23(13)9-16(17,18)19/h3-4,6-8,10,22H,2,5,9H2,1H3,(H,20,21). The lowest BCUT2D eigenvalue weighted by Gasteiger charge is -2.30. The number of nitrogens with one attached hydrogen (secondary N) is 2. The van der Waals surface area contributed by atoms with Gasteiger partial charge in [0.1, 0.15) is 12.4 Å². The molecule has 2 N–H and O–H groups in total. The second kappa shape index (κ2) is 6.18. The highest BCUT2D eigenvalue weighted by Crippen LogP contribution is 2.33. The predicted molar refractivity (Wildman–Crippen MR) is 83.8 cm³/mol. The molecule has 8 heteroatoms. The van der Waals surface area contributed by atoms with E-state index in [9.17, 15) is 18.0 Å². The van der Waals surface area contributed by atoms with Crippen molar-refractivity contribution in [3.8, 4) is 0 Å². The summed E-state index contributed by atoms with van der Waals surface area (Å²) >= 11 is 0. The number of H-pyrrole nitrogens is 1. The van der Waals surface area contributed by atoms with Crippen LogP contribution in [0.2, 0.25) is 0 Å². The van der Waals surface area contributed by atoms with Crippen molar-refractivity contribution >= 4 is 17.3 Å². The molecule has 0 saturated heterocycles. The molecule has 0 bridgehead atoms. The molecule has 0 radical (unpaired) electrons. The lowest BCUT2D eigenvalue weighted by molar-refractivity contribution is -0.132. The zero-order valence-electron chi connectivity index (χ0n) is 13.0. The van der Waals surface area contributed by atoms with Gasteiger partial charge in [-0.3, -0.25) is 4.79 Å². The quantitative estimate of drug-likeness (QED) is 0.898. The number of nitrogens with zero attached hydrogens (tertiary/aromatic N) is 2. The van der Waals surface area contributed by atoms with Crippen LogP contribution in [0.3, 0.4) is 0 Å². The van der Waals surface area contributed by atoms with E-state index in [1.54, 1.807) is 30.6 Å². The Morgan fingerprint density at radius 1 is 1.38 bits per heavy atom. The van der Waals surface area contributed by atoms with Gasteiger partial charge in [0.05, 0.1) is 6.04 Å². The van der Waals surface area contributed by atoms with Crippen LogP contribution in [-0.4, -0.2) is 28.6 Å². The second-order valence-electron chi connectivity index (χ2n) is 5.78. The molecule has 3 rings (SSSR count). The van der Waals surface area contributed by atoms with Crippen LogP contribution in [0.5, 0.6) is 0 Å². The number of aromatic amines is 1. The first kappa shape index (κ1) is 16.4. The van der Waals surface area contributed by atoms with Crippen molar-refractivity contribution in [2.45, 2.75) is 32.0 Å². The van der Waals surface area contributed by atoms with Gasteiger partial charge in [0.2, 0.25) is 5.91 Å². The molecular formula is C16H17F3N4O. The SMILES string of the molecule is CC(Nc1ccc2c(c1)CCC(=O)N2CC(F)(F)F)c1ncc[nH]1. The maximum atomic E-state index is 12.7. The number of hydrogen-bond acceptors (Lipinski definition) is 3. The Bertz CT molecular complexity index is 727. The Labute approximate surface area is 136 Å². The van der Waals surface area contributed by atoms with Gasteiger partial charge in [0.15, 0.2) is 0 Å². The predicted octanol–water partition coefficient (Wildman–Crippen LogP) is 3.42. The van der Waals surface area contributed by atoms with Crippen molar-refractivity contribution in [2.24, 2.45) is 0 Å². The molecule has 1 amide bonds. The molecule has 0 spiro atoms. The maximum absolute atomic E-state index is 12.7. The number of rotatable bonds is 4. The van der Waals surface area contributed by atoms with Crippen LogP contribution in [0.25, 0.3) is 0 Å². The molecule has 1 unspecified atom stereocenters. The Morgan fingerprint density at radius 2 is 2.17 bits per heavy atom. The summed E-state index contributed by atoms with van der Waals surface area (Å²) in [6.07, 6.45) is -0.523. The van der Waals surface area contributed by atoms with Gasteiger partial charge in [0.25, 0.3) is 0 Å². The number of aryl methyl sites for hydroxylation is 1. The molecule has 2 heterocycles. The normalized spacial score (nSPS) is 16.0. The number of carbonyl (C=O) groups excluding carboxylic acids is 1. The monoisotopic (exact) mass is 338 g/mol. The summed E-state index contributed by atoms with van der Waals surface area (Å²) in [5, 5.41) is 3.25. The average molecular weight is 338 g/mol. The third-order valence-electron chi connectivity index (χ3n) is 3.93. The Kier molecular flexibility index (Phi) is 4.21. The summed E-state index contributed by atoms with van der Waals surface area (Å²) in [5.41, 5.74) is 1.84. The van der Waals surface area contributed by atoms with Crippen LogP contribution in [0.15, 0.2) is 30.6 Å². The van der Waals surface area contributed by atoms with E-state index >= 15 is 0 Å². The van der Waals surface area contributed by atoms with Crippen LogP contribution in [0.1, 0.15) is 30.8 Å². The minimum absolute atomic E-state index is 0.0745. The van der Waals surface area contributed by atoms with E-state index in [0.717, 1.165) is 22.0 Å². The highest BCUT2D eigenvalue weighted by atomic mass is 19.4.